The van der Waals surface area contributed by atoms with Crippen LogP contribution in [0.4, 0.5) is 11.4 Å². The summed E-state index contributed by atoms with van der Waals surface area (Å²) >= 11 is 1.47. The van der Waals surface area contributed by atoms with E-state index in [0.717, 1.165) is 12.1 Å². The number of benzene rings is 3. The van der Waals surface area contributed by atoms with Gasteiger partial charge in [0.25, 0.3) is 0 Å². The molecular weight excluding hydrogens is 506 g/mol. The molecule has 1 aliphatic heterocycles. The highest BCUT2D eigenvalue weighted by atomic mass is 32.3. The first kappa shape index (κ1) is 26.5. The summed E-state index contributed by atoms with van der Waals surface area (Å²) < 4.78 is 51.5. The molecule has 0 bridgehead atoms. The Kier molecular flexibility index (Phi) is 8.07. The van der Waals surface area contributed by atoms with Gasteiger partial charge in [-0.2, -0.15) is 0 Å². The summed E-state index contributed by atoms with van der Waals surface area (Å²) in [5.74, 6) is 0. The lowest BCUT2D eigenvalue weighted by Crippen LogP contribution is -2.04. The zero-order chi connectivity index (χ0) is 25.7. The first-order chi connectivity index (χ1) is 16.4. The van der Waals surface area contributed by atoms with E-state index < -0.39 is 20.0 Å². The Labute approximate surface area is 209 Å². The number of diazo groups is 1. The lowest BCUT2D eigenvalue weighted by molar-refractivity contribution is 0.603. The van der Waals surface area contributed by atoms with Gasteiger partial charge < -0.3 is 4.13 Å². The largest absolute Gasteiger partial charge is 0.428 e. The van der Waals surface area contributed by atoms with Crippen molar-refractivity contribution in [3.63, 3.8) is 0 Å². The Hall–Kier alpha value is -3.11. The van der Waals surface area contributed by atoms with Gasteiger partial charge in [-0.25, -0.2) is 16.8 Å². The summed E-state index contributed by atoms with van der Waals surface area (Å²) in [4.78, 5) is 2.67. The number of hydrogen-bond donors (Lipinski definition) is 0. The van der Waals surface area contributed by atoms with Crippen LogP contribution in [0.15, 0.2) is 92.2 Å². The number of sulfonamides is 2. The molecule has 0 amide bonds. The maximum atomic E-state index is 11.1. The summed E-state index contributed by atoms with van der Waals surface area (Å²) in [6, 6.07) is 20.9. The highest BCUT2D eigenvalue weighted by Crippen LogP contribution is 2.37. The molecule has 0 saturated heterocycles. The zero-order valence-corrected chi connectivity index (χ0v) is 21.7. The van der Waals surface area contributed by atoms with E-state index in [-0.39, 0.29) is 14.5 Å². The van der Waals surface area contributed by atoms with Crippen LogP contribution in [0.3, 0.4) is 0 Å². The molecule has 0 atom stereocenters. The minimum Gasteiger partial charge on any atom is -0.428 e. The third-order valence-electron chi connectivity index (χ3n) is 4.47. The SMILES string of the molecule is CC(C)(C)SN=Nc1ccc(Cc2ccc([N+]#N)cc2)cc1.O=S1(=O)[N-]S(=O)(=O)c2ccccc21. The fraction of sp³-hybridized carbons (Fsp3) is 0.217. The normalized spacial score (nSPS) is 15.6. The van der Waals surface area contributed by atoms with E-state index in [9.17, 15) is 16.8 Å². The molecule has 12 heteroatoms. The fourth-order valence-corrected chi connectivity index (χ4v) is 6.71. The van der Waals surface area contributed by atoms with E-state index in [4.69, 9.17) is 5.39 Å². The molecule has 0 N–H and O–H groups in total. The monoisotopic (exact) mass is 529 g/mol. The molecule has 4 rings (SSSR count). The Balaban J connectivity index is 0.000000223. The van der Waals surface area contributed by atoms with Crippen molar-refractivity contribution < 1.29 is 16.8 Å². The topological polar surface area (TPSA) is 135 Å². The van der Waals surface area contributed by atoms with Crippen LogP contribution in [0.1, 0.15) is 31.9 Å². The van der Waals surface area contributed by atoms with E-state index in [1.54, 1.807) is 12.1 Å². The lowest BCUT2D eigenvalue weighted by Gasteiger charge is -2.11. The van der Waals surface area contributed by atoms with Crippen molar-refractivity contribution in [2.75, 3.05) is 0 Å². The van der Waals surface area contributed by atoms with Crippen LogP contribution in [0.5, 0.6) is 0 Å². The van der Waals surface area contributed by atoms with Crippen LogP contribution in [-0.2, 0) is 26.5 Å². The molecule has 9 nitrogen and oxygen atoms in total. The van der Waals surface area contributed by atoms with Crippen molar-refractivity contribution in [2.24, 2.45) is 9.63 Å². The molecule has 1 heterocycles. The van der Waals surface area contributed by atoms with E-state index in [0.29, 0.717) is 5.69 Å². The first-order valence-electron chi connectivity index (χ1n) is 10.4. The molecule has 0 aromatic heterocycles. The standard InChI is InChI=1S/C17H19N4S.C6H4NO4S2/c1-17(2,3)22-21-20-16-10-6-14(7-11-16)12-13-4-8-15(19-18)9-5-13;8-12(9)5-3-1-2-4-6(5)13(10,11)7-12/h4-11H,12H2,1-3H3;1-4H/q+1;-1. The molecule has 0 saturated carbocycles. The first-order valence-corrected chi connectivity index (χ1v) is 14.0. The maximum Gasteiger partial charge on any atom is 0.385 e. The summed E-state index contributed by atoms with van der Waals surface area (Å²) in [5.41, 5.74) is 3.80. The van der Waals surface area contributed by atoms with Gasteiger partial charge in [0.15, 0.2) is 4.98 Å². The van der Waals surface area contributed by atoms with Crippen LogP contribution < -0.4 is 0 Å². The minimum absolute atomic E-state index is 0.0798. The molecule has 0 spiro atoms. The van der Waals surface area contributed by atoms with E-state index in [1.165, 1.54) is 47.3 Å². The minimum atomic E-state index is -3.98. The molecule has 3 aromatic rings. The van der Waals surface area contributed by atoms with Crippen molar-refractivity contribution in [3.05, 3.63) is 93.0 Å². The molecule has 0 fully saturated rings. The van der Waals surface area contributed by atoms with Crippen LogP contribution >= 0.6 is 11.9 Å². The highest BCUT2D eigenvalue weighted by molar-refractivity contribution is 8.14. The summed E-state index contributed by atoms with van der Waals surface area (Å²) in [6.07, 6.45) is 0.833. The van der Waals surface area contributed by atoms with E-state index in [2.05, 4.69) is 51.6 Å². The molecule has 0 aliphatic carbocycles. The highest BCUT2D eigenvalue weighted by Gasteiger charge is 2.26. The Morgan fingerprint density at radius 2 is 1.31 bits per heavy atom. The summed E-state index contributed by atoms with van der Waals surface area (Å²) in [5, 5.41) is 12.9. The van der Waals surface area contributed by atoms with Crippen molar-refractivity contribution >= 4 is 43.4 Å². The molecule has 35 heavy (non-hydrogen) atoms. The van der Waals surface area contributed by atoms with Crippen LogP contribution in [-0.4, -0.2) is 21.6 Å². The molecule has 0 radical (unpaired) electrons. The van der Waals surface area contributed by atoms with Crippen LogP contribution in [0.2, 0.25) is 0 Å². The zero-order valence-electron chi connectivity index (χ0n) is 19.2. The van der Waals surface area contributed by atoms with Crippen molar-refractivity contribution in [1.29, 1.82) is 5.39 Å². The van der Waals surface area contributed by atoms with Gasteiger partial charge in [-0.15, -0.1) is 9.63 Å². The average molecular weight is 530 g/mol. The number of nitrogens with zero attached hydrogens (tertiary/aromatic N) is 5. The Bertz CT molecular complexity index is 1420. The molecular formula is C23H23N5O4S3. The molecule has 1 aliphatic rings. The van der Waals surface area contributed by atoms with Crippen molar-refractivity contribution in [2.45, 2.75) is 41.7 Å². The van der Waals surface area contributed by atoms with Crippen LogP contribution in [0.25, 0.3) is 9.10 Å². The average Bonchev–Trinajstić information content (AvgIpc) is 2.99. The van der Waals surface area contributed by atoms with Gasteiger partial charge in [-0.05, 0) is 62.6 Å². The van der Waals surface area contributed by atoms with Gasteiger partial charge in [0, 0.05) is 28.8 Å². The van der Waals surface area contributed by atoms with Gasteiger partial charge in [-0.1, -0.05) is 36.4 Å². The second kappa shape index (κ2) is 10.7. The van der Waals surface area contributed by atoms with Crippen molar-refractivity contribution in [1.82, 2.24) is 0 Å². The third-order valence-corrected chi connectivity index (χ3v) is 8.70. The third kappa shape index (κ3) is 7.43. The van der Waals surface area contributed by atoms with Gasteiger partial charge >= 0.3 is 5.69 Å². The molecule has 3 aromatic carbocycles. The molecule has 182 valence electrons. The maximum absolute atomic E-state index is 11.1. The van der Waals surface area contributed by atoms with Crippen molar-refractivity contribution in [3.8, 4) is 0 Å². The number of rotatable bonds is 4. The smallest absolute Gasteiger partial charge is 0.385 e. The second-order valence-electron chi connectivity index (χ2n) is 8.47. The lowest BCUT2D eigenvalue weighted by atomic mass is 10.0. The van der Waals surface area contributed by atoms with Crippen LogP contribution in [0, 0.1) is 5.39 Å². The number of hydrogen-bond acceptors (Lipinski definition) is 8. The predicted molar refractivity (Wildman–Crippen MR) is 136 cm³/mol. The van der Waals surface area contributed by atoms with E-state index >= 15 is 0 Å². The second-order valence-corrected chi connectivity index (χ2v) is 13.4. The Morgan fingerprint density at radius 3 is 1.77 bits per heavy atom. The molecule has 0 unspecified atom stereocenters. The summed E-state index contributed by atoms with van der Waals surface area (Å²) in [7, 11) is -7.95. The van der Waals surface area contributed by atoms with Gasteiger partial charge in [0.1, 0.15) is 20.0 Å². The van der Waals surface area contributed by atoms with E-state index in [1.807, 2.05) is 24.3 Å². The van der Waals surface area contributed by atoms with Gasteiger partial charge in [0.05, 0.1) is 15.5 Å². The quantitative estimate of drug-likeness (QED) is 0.208. The summed E-state index contributed by atoms with van der Waals surface area (Å²) in [6.45, 7) is 6.32. The Morgan fingerprint density at radius 1 is 0.829 bits per heavy atom. The predicted octanol–water partition coefficient (Wildman–Crippen LogP) is 6.74. The fourth-order valence-electron chi connectivity index (χ4n) is 2.87. The van der Waals surface area contributed by atoms with Gasteiger partial charge in [-0.3, -0.25) is 0 Å². The number of fused-ring (bicyclic) bond motifs is 1. The van der Waals surface area contributed by atoms with Gasteiger partial charge in [0.2, 0.25) is 5.39 Å².